The SMILES string of the molecule is C=C[C@H]1CC(=O)N[C@@H]1COc1nccc2cc(C(N)=O)c(OC)cc12. The molecule has 3 N–H and O–H groups in total. The monoisotopic (exact) mass is 341 g/mol. The van der Waals surface area contributed by atoms with Crippen LogP contribution in [0.2, 0.25) is 0 Å². The van der Waals surface area contributed by atoms with Gasteiger partial charge in [-0.2, -0.15) is 0 Å². The zero-order valence-electron chi connectivity index (χ0n) is 13.8. The number of nitrogens with one attached hydrogen (secondary N) is 1. The van der Waals surface area contributed by atoms with E-state index in [4.69, 9.17) is 15.2 Å². The van der Waals surface area contributed by atoms with Gasteiger partial charge >= 0.3 is 0 Å². The molecule has 0 bridgehead atoms. The summed E-state index contributed by atoms with van der Waals surface area (Å²) in [5, 5.41) is 4.33. The summed E-state index contributed by atoms with van der Waals surface area (Å²) in [6.45, 7) is 4.03. The number of ether oxygens (including phenoxy) is 2. The third kappa shape index (κ3) is 3.26. The van der Waals surface area contributed by atoms with E-state index in [-0.39, 0.29) is 24.5 Å². The smallest absolute Gasteiger partial charge is 0.252 e. The molecule has 2 heterocycles. The highest BCUT2D eigenvalue weighted by atomic mass is 16.5. The van der Waals surface area contributed by atoms with Gasteiger partial charge in [0.15, 0.2) is 0 Å². The van der Waals surface area contributed by atoms with Crippen LogP contribution in [0.3, 0.4) is 0 Å². The Balaban J connectivity index is 1.90. The fraction of sp³-hybridized carbons (Fsp3) is 0.278. The van der Waals surface area contributed by atoms with E-state index in [1.54, 1.807) is 30.5 Å². The van der Waals surface area contributed by atoms with E-state index in [1.807, 2.05) is 0 Å². The number of aromatic nitrogens is 1. The second kappa shape index (κ2) is 6.80. The lowest BCUT2D eigenvalue weighted by molar-refractivity contribution is -0.119. The van der Waals surface area contributed by atoms with Crippen molar-refractivity contribution in [1.82, 2.24) is 10.3 Å². The second-order valence-corrected chi connectivity index (χ2v) is 5.84. The Morgan fingerprint density at radius 1 is 1.52 bits per heavy atom. The van der Waals surface area contributed by atoms with Crippen LogP contribution in [0.4, 0.5) is 0 Å². The van der Waals surface area contributed by atoms with Crippen LogP contribution in [0, 0.1) is 5.92 Å². The Morgan fingerprint density at radius 2 is 2.32 bits per heavy atom. The molecule has 1 aliphatic heterocycles. The Kier molecular flexibility index (Phi) is 4.56. The van der Waals surface area contributed by atoms with Crippen LogP contribution in [0.1, 0.15) is 16.8 Å². The van der Waals surface area contributed by atoms with Crippen molar-refractivity contribution >= 4 is 22.6 Å². The van der Waals surface area contributed by atoms with Crippen LogP contribution in [-0.2, 0) is 4.79 Å². The predicted octanol–water partition coefficient (Wildman–Crippen LogP) is 1.41. The number of hydrogen-bond acceptors (Lipinski definition) is 5. The molecule has 0 unspecified atom stereocenters. The van der Waals surface area contributed by atoms with Gasteiger partial charge in [-0.25, -0.2) is 4.98 Å². The first-order chi connectivity index (χ1) is 12.0. The van der Waals surface area contributed by atoms with Crippen molar-refractivity contribution in [3.05, 3.63) is 42.6 Å². The highest BCUT2D eigenvalue weighted by Gasteiger charge is 2.30. The zero-order chi connectivity index (χ0) is 18.0. The van der Waals surface area contributed by atoms with Crippen molar-refractivity contribution in [1.29, 1.82) is 0 Å². The summed E-state index contributed by atoms with van der Waals surface area (Å²) < 4.78 is 11.1. The van der Waals surface area contributed by atoms with E-state index in [2.05, 4.69) is 16.9 Å². The molecule has 0 aliphatic carbocycles. The van der Waals surface area contributed by atoms with Crippen molar-refractivity contribution in [2.45, 2.75) is 12.5 Å². The van der Waals surface area contributed by atoms with Crippen LogP contribution in [0.15, 0.2) is 37.1 Å². The highest BCUT2D eigenvalue weighted by Crippen LogP contribution is 2.31. The summed E-state index contributed by atoms with van der Waals surface area (Å²) in [5.41, 5.74) is 5.68. The maximum absolute atomic E-state index is 11.6. The van der Waals surface area contributed by atoms with Gasteiger partial charge in [0.25, 0.3) is 5.91 Å². The minimum atomic E-state index is -0.569. The van der Waals surface area contributed by atoms with Crippen LogP contribution < -0.4 is 20.5 Å². The number of carbonyl (C=O) groups is 2. The Bertz CT molecular complexity index is 850. The van der Waals surface area contributed by atoms with E-state index >= 15 is 0 Å². The fourth-order valence-corrected chi connectivity index (χ4v) is 2.96. The van der Waals surface area contributed by atoms with Gasteiger partial charge in [-0.1, -0.05) is 6.08 Å². The average molecular weight is 341 g/mol. The summed E-state index contributed by atoms with van der Waals surface area (Å²) >= 11 is 0. The summed E-state index contributed by atoms with van der Waals surface area (Å²) in [6, 6.07) is 4.94. The number of fused-ring (bicyclic) bond motifs is 1. The number of nitrogens with two attached hydrogens (primary N) is 1. The molecule has 1 aromatic carbocycles. The quantitative estimate of drug-likeness (QED) is 0.773. The molecule has 1 fully saturated rings. The molecule has 2 amide bonds. The van der Waals surface area contributed by atoms with Crippen molar-refractivity contribution in [2.75, 3.05) is 13.7 Å². The number of benzene rings is 1. The van der Waals surface area contributed by atoms with Gasteiger partial charge in [0.1, 0.15) is 12.4 Å². The minimum Gasteiger partial charge on any atom is -0.496 e. The largest absolute Gasteiger partial charge is 0.496 e. The standard InChI is InChI=1S/C18H19N3O4/c1-3-10-7-16(22)21-14(10)9-25-18-12-8-15(24-2)13(17(19)23)6-11(12)4-5-20-18/h3-6,8,10,14H,1,7,9H2,2H3,(H2,19,23)(H,21,22)/t10-,14+/m0/s1. The zero-order valence-corrected chi connectivity index (χ0v) is 13.8. The predicted molar refractivity (Wildman–Crippen MR) is 92.5 cm³/mol. The van der Waals surface area contributed by atoms with Crippen LogP contribution in [0.25, 0.3) is 10.8 Å². The van der Waals surface area contributed by atoms with Gasteiger partial charge in [-0.15, -0.1) is 6.58 Å². The number of methoxy groups -OCH3 is 1. The lowest BCUT2D eigenvalue weighted by Gasteiger charge is -2.17. The average Bonchev–Trinajstić information content (AvgIpc) is 2.98. The van der Waals surface area contributed by atoms with Gasteiger partial charge < -0.3 is 20.5 Å². The second-order valence-electron chi connectivity index (χ2n) is 5.84. The minimum absolute atomic E-state index is 0.0165. The number of hydrogen-bond donors (Lipinski definition) is 2. The number of carbonyl (C=O) groups excluding carboxylic acids is 2. The van der Waals surface area contributed by atoms with E-state index in [1.165, 1.54) is 7.11 Å². The topological polar surface area (TPSA) is 104 Å². The number of pyridine rings is 1. The summed E-state index contributed by atoms with van der Waals surface area (Å²) in [7, 11) is 1.47. The molecule has 0 radical (unpaired) electrons. The summed E-state index contributed by atoms with van der Waals surface area (Å²) in [6.07, 6.45) is 3.76. The number of rotatable bonds is 6. The Hall–Kier alpha value is -3.09. The molecule has 25 heavy (non-hydrogen) atoms. The highest BCUT2D eigenvalue weighted by molar-refractivity contribution is 6.01. The van der Waals surface area contributed by atoms with Crippen LogP contribution in [-0.4, -0.2) is 36.6 Å². The van der Waals surface area contributed by atoms with Crippen molar-refractivity contribution in [3.8, 4) is 11.6 Å². The number of nitrogens with zero attached hydrogens (tertiary/aromatic N) is 1. The molecule has 7 heteroatoms. The third-order valence-electron chi connectivity index (χ3n) is 4.30. The van der Waals surface area contributed by atoms with E-state index in [9.17, 15) is 9.59 Å². The van der Waals surface area contributed by atoms with Crippen molar-refractivity contribution < 1.29 is 19.1 Å². The maximum Gasteiger partial charge on any atom is 0.252 e. The Labute approximate surface area is 144 Å². The molecule has 2 aromatic rings. The maximum atomic E-state index is 11.6. The molecule has 7 nitrogen and oxygen atoms in total. The Morgan fingerprint density at radius 3 is 3.00 bits per heavy atom. The fourth-order valence-electron chi connectivity index (χ4n) is 2.96. The number of amides is 2. The lowest BCUT2D eigenvalue weighted by Crippen LogP contribution is -2.34. The van der Waals surface area contributed by atoms with E-state index in [0.717, 1.165) is 5.39 Å². The first-order valence-corrected chi connectivity index (χ1v) is 7.84. The molecule has 130 valence electrons. The van der Waals surface area contributed by atoms with Gasteiger partial charge in [0, 0.05) is 23.9 Å². The molecule has 2 atom stereocenters. The third-order valence-corrected chi connectivity index (χ3v) is 4.30. The van der Waals surface area contributed by atoms with E-state index < -0.39 is 5.91 Å². The van der Waals surface area contributed by atoms with Crippen molar-refractivity contribution in [3.63, 3.8) is 0 Å². The lowest BCUT2D eigenvalue weighted by atomic mass is 10.0. The van der Waals surface area contributed by atoms with Crippen LogP contribution in [0.5, 0.6) is 11.6 Å². The van der Waals surface area contributed by atoms with E-state index in [0.29, 0.717) is 29.0 Å². The van der Waals surface area contributed by atoms with Gasteiger partial charge in [-0.3, -0.25) is 9.59 Å². The number of primary amides is 1. The van der Waals surface area contributed by atoms with Crippen molar-refractivity contribution in [2.24, 2.45) is 11.7 Å². The summed E-state index contributed by atoms with van der Waals surface area (Å²) in [5.74, 6) is 0.197. The van der Waals surface area contributed by atoms with Gasteiger partial charge in [0.2, 0.25) is 11.8 Å². The first kappa shape index (κ1) is 16.8. The molecular weight excluding hydrogens is 322 g/mol. The molecule has 3 rings (SSSR count). The normalized spacial score (nSPS) is 19.5. The molecule has 1 aromatic heterocycles. The molecule has 0 spiro atoms. The van der Waals surface area contributed by atoms with Crippen LogP contribution >= 0.6 is 0 Å². The molecule has 1 aliphatic rings. The first-order valence-electron chi connectivity index (χ1n) is 7.84. The summed E-state index contributed by atoms with van der Waals surface area (Å²) in [4.78, 5) is 27.4. The van der Waals surface area contributed by atoms with Gasteiger partial charge in [-0.05, 0) is 23.6 Å². The molecule has 0 saturated carbocycles. The van der Waals surface area contributed by atoms with Gasteiger partial charge in [0.05, 0.1) is 18.7 Å². The molecule has 1 saturated heterocycles. The molecular formula is C18H19N3O4.